The van der Waals surface area contributed by atoms with Gasteiger partial charge in [0, 0.05) is 5.56 Å². The first-order chi connectivity index (χ1) is 17.9. The van der Waals surface area contributed by atoms with Crippen molar-refractivity contribution in [2.75, 3.05) is 13.2 Å². The summed E-state index contributed by atoms with van der Waals surface area (Å²) < 4.78 is 18.4. The van der Waals surface area contributed by atoms with Crippen molar-refractivity contribution >= 4 is 39.0 Å². The van der Waals surface area contributed by atoms with E-state index in [2.05, 4.69) is 21.0 Å². The minimum atomic E-state index is -0.480. The molecule has 190 valence electrons. The molecule has 0 saturated carbocycles. The van der Waals surface area contributed by atoms with E-state index in [4.69, 9.17) is 19.2 Å². The molecule has 4 aromatic rings. The number of carbonyl (C=O) groups excluding carboxylic acids is 1. The van der Waals surface area contributed by atoms with Gasteiger partial charge < -0.3 is 14.2 Å². The van der Waals surface area contributed by atoms with Crippen molar-refractivity contribution in [1.29, 1.82) is 0 Å². The highest BCUT2D eigenvalue weighted by molar-refractivity contribution is 9.10. The molecule has 37 heavy (non-hydrogen) atoms. The van der Waals surface area contributed by atoms with Crippen LogP contribution in [0.1, 0.15) is 26.3 Å². The Morgan fingerprint density at radius 1 is 1.08 bits per heavy atom. The maximum atomic E-state index is 13.4. The number of esters is 1. The van der Waals surface area contributed by atoms with Crippen LogP contribution in [0.3, 0.4) is 0 Å². The van der Waals surface area contributed by atoms with E-state index in [0.717, 1.165) is 5.56 Å². The van der Waals surface area contributed by atoms with E-state index in [9.17, 15) is 9.59 Å². The molecule has 0 fully saturated rings. The molecule has 0 spiro atoms. The lowest BCUT2D eigenvalue weighted by Crippen LogP contribution is -2.20. The van der Waals surface area contributed by atoms with E-state index in [1.807, 2.05) is 43.3 Å². The van der Waals surface area contributed by atoms with Gasteiger partial charge in [-0.1, -0.05) is 42.5 Å². The Morgan fingerprint density at radius 2 is 1.81 bits per heavy atom. The van der Waals surface area contributed by atoms with Crippen LogP contribution in [0.15, 0.2) is 81.1 Å². The van der Waals surface area contributed by atoms with Gasteiger partial charge in [0.05, 0.1) is 34.3 Å². The second-order valence-corrected chi connectivity index (χ2v) is 9.12. The zero-order valence-corrected chi connectivity index (χ0v) is 22.3. The number of hydrogen-bond donors (Lipinski definition) is 0. The number of para-hydroxylation sites is 1. The summed E-state index contributed by atoms with van der Waals surface area (Å²) in [5.41, 5.74) is 1.72. The number of ether oxygens (including phenoxy) is 3. The molecule has 0 saturated heterocycles. The average molecular weight is 564 g/mol. The number of rotatable bonds is 9. The number of nitrogens with zero attached hydrogens (tertiary/aromatic N) is 3. The number of fused-ring (bicyclic) bond motifs is 1. The molecule has 0 aliphatic rings. The molecule has 0 N–H and O–H groups in total. The molecule has 1 heterocycles. The standard InChI is InChI=1S/C28H26BrN3O5/c1-4-35-24-15-19(14-22(29)26(24)36-17-25(33)37-18(2)3)16-30-32-27(20-10-6-5-7-11-20)31-23-13-9-8-12-21(23)28(32)34/h5-16,18H,4,17H2,1-3H3. The van der Waals surface area contributed by atoms with Crippen molar-refractivity contribution in [1.82, 2.24) is 9.66 Å². The van der Waals surface area contributed by atoms with Gasteiger partial charge in [-0.2, -0.15) is 9.78 Å². The van der Waals surface area contributed by atoms with E-state index in [1.165, 1.54) is 4.68 Å². The molecule has 3 aromatic carbocycles. The maximum Gasteiger partial charge on any atom is 0.344 e. The number of hydrogen-bond acceptors (Lipinski definition) is 7. The van der Waals surface area contributed by atoms with Crippen molar-refractivity contribution < 1.29 is 19.0 Å². The molecule has 0 unspecified atom stereocenters. The number of aromatic nitrogens is 2. The lowest BCUT2D eigenvalue weighted by molar-refractivity contribution is -0.149. The predicted octanol–water partition coefficient (Wildman–Crippen LogP) is 5.44. The van der Waals surface area contributed by atoms with Crippen LogP contribution >= 0.6 is 15.9 Å². The van der Waals surface area contributed by atoms with Gasteiger partial charge in [-0.25, -0.2) is 9.78 Å². The van der Waals surface area contributed by atoms with E-state index in [-0.39, 0.29) is 18.3 Å². The zero-order valence-electron chi connectivity index (χ0n) is 20.7. The smallest absolute Gasteiger partial charge is 0.344 e. The third kappa shape index (κ3) is 6.24. The lowest BCUT2D eigenvalue weighted by Gasteiger charge is -2.15. The minimum absolute atomic E-state index is 0.238. The van der Waals surface area contributed by atoms with Crippen LogP contribution < -0.4 is 15.0 Å². The quantitative estimate of drug-likeness (QED) is 0.199. The molecule has 9 heteroatoms. The molecule has 0 bridgehead atoms. The Bertz CT molecular complexity index is 1500. The van der Waals surface area contributed by atoms with Crippen LogP contribution in [-0.4, -0.2) is 41.2 Å². The Hall–Kier alpha value is -3.98. The van der Waals surface area contributed by atoms with E-state index < -0.39 is 5.97 Å². The second kappa shape index (κ2) is 11.8. The number of halogens is 1. The van der Waals surface area contributed by atoms with Crippen molar-refractivity contribution in [3.05, 3.63) is 87.1 Å². The van der Waals surface area contributed by atoms with Gasteiger partial charge in [0.1, 0.15) is 0 Å². The number of carbonyl (C=O) groups is 1. The van der Waals surface area contributed by atoms with Gasteiger partial charge in [0.25, 0.3) is 5.56 Å². The van der Waals surface area contributed by atoms with Crippen LogP contribution in [0.25, 0.3) is 22.3 Å². The van der Waals surface area contributed by atoms with E-state index in [1.54, 1.807) is 50.4 Å². The van der Waals surface area contributed by atoms with Gasteiger partial charge in [0.15, 0.2) is 23.9 Å². The van der Waals surface area contributed by atoms with Crippen LogP contribution in [-0.2, 0) is 9.53 Å². The third-order valence-electron chi connectivity index (χ3n) is 5.14. The Kier molecular flexibility index (Phi) is 8.35. The van der Waals surface area contributed by atoms with Gasteiger partial charge in [-0.05, 0) is 66.5 Å². The Morgan fingerprint density at radius 3 is 2.54 bits per heavy atom. The first-order valence-electron chi connectivity index (χ1n) is 11.8. The van der Waals surface area contributed by atoms with Gasteiger partial charge in [-0.3, -0.25) is 4.79 Å². The fourth-order valence-electron chi connectivity index (χ4n) is 3.62. The third-order valence-corrected chi connectivity index (χ3v) is 5.73. The van der Waals surface area contributed by atoms with Gasteiger partial charge >= 0.3 is 5.97 Å². The first-order valence-corrected chi connectivity index (χ1v) is 12.6. The summed E-state index contributed by atoms with van der Waals surface area (Å²) in [4.78, 5) is 30.0. The summed E-state index contributed by atoms with van der Waals surface area (Å²) in [7, 11) is 0. The molecule has 0 radical (unpaired) electrons. The van der Waals surface area contributed by atoms with Crippen molar-refractivity contribution in [2.45, 2.75) is 26.9 Å². The van der Waals surface area contributed by atoms with Crippen molar-refractivity contribution in [3.63, 3.8) is 0 Å². The molecular weight excluding hydrogens is 538 g/mol. The van der Waals surface area contributed by atoms with Crippen molar-refractivity contribution in [3.8, 4) is 22.9 Å². The topological polar surface area (TPSA) is 92.0 Å². The van der Waals surface area contributed by atoms with Crippen LogP contribution in [0.4, 0.5) is 0 Å². The van der Waals surface area contributed by atoms with Gasteiger partial charge in [-0.15, -0.1) is 0 Å². The molecule has 8 nitrogen and oxygen atoms in total. The zero-order chi connectivity index (χ0) is 26.4. The Balaban J connectivity index is 1.73. The fraction of sp³-hybridized carbons (Fsp3) is 0.214. The predicted molar refractivity (Wildman–Crippen MR) is 146 cm³/mol. The molecule has 0 aliphatic carbocycles. The highest BCUT2D eigenvalue weighted by atomic mass is 79.9. The Labute approximate surface area is 222 Å². The molecule has 4 rings (SSSR count). The van der Waals surface area contributed by atoms with Crippen molar-refractivity contribution in [2.24, 2.45) is 5.10 Å². The summed E-state index contributed by atoms with van der Waals surface area (Å²) in [6, 6.07) is 20.1. The molecule has 0 amide bonds. The lowest BCUT2D eigenvalue weighted by atomic mass is 10.2. The fourth-order valence-corrected chi connectivity index (χ4v) is 4.20. The minimum Gasteiger partial charge on any atom is -0.490 e. The summed E-state index contributed by atoms with van der Waals surface area (Å²) >= 11 is 3.49. The van der Waals surface area contributed by atoms with E-state index >= 15 is 0 Å². The van der Waals surface area contributed by atoms with Crippen LogP contribution in [0.2, 0.25) is 0 Å². The molecule has 1 aromatic heterocycles. The largest absolute Gasteiger partial charge is 0.490 e. The highest BCUT2D eigenvalue weighted by Gasteiger charge is 2.16. The summed E-state index contributed by atoms with van der Waals surface area (Å²) in [6.45, 7) is 5.51. The highest BCUT2D eigenvalue weighted by Crippen LogP contribution is 2.36. The summed E-state index contributed by atoms with van der Waals surface area (Å²) in [5, 5.41) is 4.97. The molecular formula is C28H26BrN3O5. The molecule has 0 aliphatic heterocycles. The second-order valence-electron chi connectivity index (χ2n) is 8.27. The van der Waals surface area contributed by atoms with E-state index in [0.29, 0.717) is 44.9 Å². The van der Waals surface area contributed by atoms with Crippen LogP contribution in [0.5, 0.6) is 11.5 Å². The first kappa shape index (κ1) is 26.1. The monoisotopic (exact) mass is 563 g/mol. The maximum absolute atomic E-state index is 13.4. The molecule has 0 atom stereocenters. The summed E-state index contributed by atoms with van der Waals surface area (Å²) in [6.07, 6.45) is 1.31. The average Bonchev–Trinajstić information content (AvgIpc) is 2.88. The summed E-state index contributed by atoms with van der Waals surface area (Å²) in [5.74, 6) is 0.733. The van der Waals surface area contributed by atoms with Crippen LogP contribution in [0, 0.1) is 0 Å². The SMILES string of the molecule is CCOc1cc(C=Nn2c(-c3ccccc3)nc3ccccc3c2=O)cc(Br)c1OCC(=O)OC(C)C. The number of benzene rings is 3. The normalized spacial score (nSPS) is 11.3. The van der Waals surface area contributed by atoms with Gasteiger partial charge in [0.2, 0.25) is 0 Å².